The van der Waals surface area contributed by atoms with Crippen molar-refractivity contribution in [3.05, 3.63) is 83.4 Å². The highest BCUT2D eigenvalue weighted by atomic mass is 32.1. The van der Waals surface area contributed by atoms with Crippen molar-refractivity contribution in [2.24, 2.45) is 0 Å². The summed E-state index contributed by atoms with van der Waals surface area (Å²) in [6.07, 6.45) is 1.69. The molecular formula is C27H28N4OS. The van der Waals surface area contributed by atoms with E-state index in [-0.39, 0.29) is 6.03 Å². The molecule has 168 valence electrons. The smallest absolute Gasteiger partial charge is 0.325 e. The number of amides is 2. The topological polar surface area (TPSA) is 80.0 Å². The molecule has 3 aromatic carbocycles. The molecule has 0 radical (unpaired) electrons. The molecule has 4 N–H and O–H groups in total. The predicted molar refractivity (Wildman–Crippen MR) is 140 cm³/mol. The number of anilines is 3. The van der Waals surface area contributed by atoms with Gasteiger partial charge in [-0.05, 0) is 48.6 Å². The van der Waals surface area contributed by atoms with E-state index in [1.54, 1.807) is 0 Å². The Morgan fingerprint density at radius 2 is 1.48 bits per heavy atom. The highest BCUT2D eigenvalue weighted by Crippen LogP contribution is 2.39. The SMILES string of the molecule is CCc1cccc(CC)c1NC(=O)Nc1nc(-c2ccc(C)cc2)c(-c2ccc(N)cc2)s1. The first-order valence-corrected chi connectivity index (χ1v) is 11.9. The number of urea groups is 1. The second kappa shape index (κ2) is 9.88. The maximum absolute atomic E-state index is 12.9. The Kier molecular flexibility index (Phi) is 6.75. The van der Waals surface area contributed by atoms with Crippen LogP contribution >= 0.6 is 11.3 Å². The van der Waals surface area contributed by atoms with E-state index in [9.17, 15) is 4.79 Å². The first kappa shape index (κ1) is 22.6. The molecule has 0 saturated carbocycles. The van der Waals surface area contributed by atoms with Gasteiger partial charge in [0.2, 0.25) is 0 Å². The van der Waals surface area contributed by atoms with Gasteiger partial charge in [0.25, 0.3) is 0 Å². The summed E-state index contributed by atoms with van der Waals surface area (Å²) >= 11 is 1.45. The molecule has 4 aromatic rings. The summed E-state index contributed by atoms with van der Waals surface area (Å²) in [7, 11) is 0. The van der Waals surface area contributed by atoms with E-state index in [2.05, 4.69) is 55.7 Å². The fourth-order valence-corrected chi connectivity index (χ4v) is 4.74. The van der Waals surface area contributed by atoms with Crippen LogP contribution in [-0.2, 0) is 12.8 Å². The highest BCUT2D eigenvalue weighted by Gasteiger charge is 2.17. The van der Waals surface area contributed by atoms with E-state index >= 15 is 0 Å². The molecule has 0 spiro atoms. The second-order valence-corrected chi connectivity index (χ2v) is 8.92. The molecule has 0 unspecified atom stereocenters. The molecule has 6 heteroatoms. The van der Waals surface area contributed by atoms with Gasteiger partial charge in [0.15, 0.2) is 5.13 Å². The van der Waals surface area contributed by atoms with Crippen LogP contribution in [0.15, 0.2) is 66.7 Å². The van der Waals surface area contributed by atoms with Crippen LogP contribution in [0.1, 0.15) is 30.5 Å². The van der Waals surface area contributed by atoms with Crippen LogP contribution < -0.4 is 16.4 Å². The summed E-state index contributed by atoms with van der Waals surface area (Å²) in [4.78, 5) is 18.7. The van der Waals surface area contributed by atoms with Crippen molar-refractivity contribution in [1.82, 2.24) is 4.98 Å². The number of hydrogen-bond donors (Lipinski definition) is 3. The van der Waals surface area contributed by atoms with Gasteiger partial charge in [-0.1, -0.05) is 85.3 Å². The Morgan fingerprint density at radius 3 is 2.09 bits per heavy atom. The van der Waals surface area contributed by atoms with Crippen LogP contribution in [0.3, 0.4) is 0 Å². The number of aryl methyl sites for hydroxylation is 3. The first-order valence-electron chi connectivity index (χ1n) is 11.1. The molecular weight excluding hydrogens is 428 g/mol. The molecule has 0 aliphatic rings. The number of carbonyl (C=O) groups is 1. The molecule has 33 heavy (non-hydrogen) atoms. The van der Waals surface area contributed by atoms with E-state index in [1.165, 1.54) is 16.9 Å². The molecule has 0 saturated heterocycles. The Hall–Kier alpha value is -3.64. The molecule has 0 atom stereocenters. The minimum absolute atomic E-state index is 0.293. The van der Waals surface area contributed by atoms with Gasteiger partial charge in [-0.3, -0.25) is 5.32 Å². The summed E-state index contributed by atoms with van der Waals surface area (Å²) in [5.74, 6) is 0. The Labute approximate surface area is 198 Å². The Balaban J connectivity index is 1.66. The van der Waals surface area contributed by atoms with Crippen molar-refractivity contribution < 1.29 is 4.79 Å². The van der Waals surface area contributed by atoms with Gasteiger partial charge in [-0.2, -0.15) is 0 Å². The Morgan fingerprint density at radius 1 is 0.879 bits per heavy atom. The summed E-state index contributed by atoms with van der Waals surface area (Å²) < 4.78 is 0. The predicted octanol–water partition coefficient (Wildman–Crippen LogP) is 7.14. The number of para-hydroxylation sites is 1. The van der Waals surface area contributed by atoms with Crippen molar-refractivity contribution >= 4 is 33.9 Å². The van der Waals surface area contributed by atoms with Crippen LogP contribution in [0, 0.1) is 6.92 Å². The van der Waals surface area contributed by atoms with Gasteiger partial charge in [0.1, 0.15) is 0 Å². The van der Waals surface area contributed by atoms with Gasteiger partial charge >= 0.3 is 6.03 Å². The van der Waals surface area contributed by atoms with E-state index < -0.39 is 0 Å². The lowest BCUT2D eigenvalue weighted by Crippen LogP contribution is -2.21. The standard InChI is InChI=1S/C27H28N4OS/c1-4-18-7-6-8-19(5-2)23(18)29-26(32)31-27-30-24(20-11-9-17(3)10-12-20)25(33-27)21-13-15-22(28)16-14-21/h6-16H,4-5,28H2,1-3H3,(H2,29,30,31,32). The number of carbonyl (C=O) groups excluding carboxylic acids is 1. The van der Waals surface area contributed by atoms with E-state index in [1.807, 2.05) is 42.5 Å². The van der Waals surface area contributed by atoms with E-state index in [0.717, 1.165) is 51.4 Å². The molecule has 0 aliphatic carbocycles. The van der Waals surface area contributed by atoms with Crippen molar-refractivity contribution in [2.45, 2.75) is 33.6 Å². The Bertz CT molecular complexity index is 1180. The normalized spacial score (nSPS) is 10.8. The number of benzene rings is 3. The average molecular weight is 457 g/mol. The third-order valence-corrected chi connectivity index (χ3v) is 6.60. The maximum atomic E-state index is 12.9. The van der Waals surface area contributed by atoms with Crippen molar-refractivity contribution in [2.75, 3.05) is 16.4 Å². The fourth-order valence-electron chi connectivity index (χ4n) is 3.76. The first-order chi connectivity index (χ1) is 16.0. The monoisotopic (exact) mass is 456 g/mol. The van der Waals surface area contributed by atoms with Gasteiger partial charge in [0.05, 0.1) is 10.6 Å². The lowest BCUT2D eigenvalue weighted by Gasteiger charge is -2.14. The van der Waals surface area contributed by atoms with E-state index in [0.29, 0.717) is 10.8 Å². The molecule has 0 aliphatic heterocycles. The lowest BCUT2D eigenvalue weighted by atomic mass is 10.0. The van der Waals surface area contributed by atoms with Crippen molar-refractivity contribution in [3.63, 3.8) is 0 Å². The van der Waals surface area contributed by atoms with Crippen LogP contribution in [-0.4, -0.2) is 11.0 Å². The molecule has 2 amide bonds. The van der Waals surface area contributed by atoms with Gasteiger partial charge in [-0.15, -0.1) is 0 Å². The quantitative estimate of drug-likeness (QED) is 0.270. The summed E-state index contributed by atoms with van der Waals surface area (Å²) in [5, 5.41) is 6.54. The number of thiazole rings is 1. The number of nitrogens with one attached hydrogen (secondary N) is 2. The number of nitrogens with two attached hydrogens (primary N) is 1. The summed E-state index contributed by atoms with van der Waals surface area (Å²) in [6, 6.07) is 21.8. The fraction of sp³-hybridized carbons (Fsp3) is 0.185. The second-order valence-electron chi connectivity index (χ2n) is 7.92. The molecule has 1 aromatic heterocycles. The third kappa shape index (κ3) is 5.07. The number of hydrogen-bond acceptors (Lipinski definition) is 4. The zero-order valence-corrected chi connectivity index (χ0v) is 19.9. The summed E-state index contributed by atoms with van der Waals surface area (Å²) in [5.41, 5.74) is 13.7. The van der Waals surface area contributed by atoms with Crippen molar-refractivity contribution in [1.29, 1.82) is 0 Å². The zero-order chi connectivity index (χ0) is 23.4. The maximum Gasteiger partial charge on any atom is 0.325 e. The minimum Gasteiger partial charge on any atom is -0.399 e. The highest BCUT2D eigenvalue weighted by molar-refractivity contribution is 7.19. The van der Waals surface area contributed by atoms with Crippen LogP contribution in [0.4, 0.5) is 21.3 Å². The number of nitrogen functional groups attached to an aromatic ring is 1. The molecule has 1 heterocycles. The van der Waals surface area contributed by atoms with Gasteiger partial charge in [-0.25, -0.2) is 9.78 Å². The summed E-state index contributed by atoms with van der Waals surface area (Å²) in [6.45, 7) is 6.23. The van der Waals surface area contributed by atoms with Gasteiger partial charge < -0.3 is 11.1 Å². The molecule has 4 rings (SSSR count). The third-order valence-electron chi connectivity index (χ3n) is 5.58. The number of rotatable bonds is 6. The number of nitrogens with zero attached hydrogens (tertiary/aromatic N) is 1. The van der Waals surface area contributed by atoms with Crippen LogP contribution in [0.5, 0.6) is 0 Å². The van der Waals surface area contributed by atoms with E-state index in [4.69, 9.17) is 10.7 Å². The van der Waals surface area contributed by atoms with Crippen molar-refractivity contribution in [3.8, 4) is 21.7 Å². The van der Waals surface area contributed by atoms with Crippen LogP contribution in [0.25, 0.3) is 21.7 Å². The zero-order valence-electron chi connectivity index (χ0n) is 19.1. The van der Waals surface area contributed by atoms with Crippen LogP contribution in [0.2, 0.25) is 0 Å². The average Bonchev–Trinajstić information content (AvgIpc) is 3.23. The largest absolute Gasteiger partial charge is 0.399 e. The van der Waals surface area contributed by atoms with Gasteiger partial charge in [0, 0.05) is 16.9 Å². The molecule has 0 fully saturated rings. The number of aromatic nitrogens is 1. The minimum atomic E-state index is -0.293. The molecule has 5 nitrogen and oxygen atoms in total. The lowest BCUT2D eigenvalue weighted by molar-refractivity contribution is 0.262. The molecule has 0 bridgehead atoms.